The van der Waals surface area contributed by atoms with Gasteiger partial charge in [-0.25, -0.2) is 9.79 Å². The van der Waals surface area contributed by atoms with Crippen LogP contribution in [0.1, 0.15) is 36.8 Å². The Balaban J connectivity index is 0.000000303. The van der Waals surface area contributed by atoms with Gasteiger partial charge in [0, 0.05) is 10.9 Å². The quantitative estimate of drug-likeness (QED) is 0.112. The Hall–Kier alpha value is -4.69. The number of pyridine rings is 1. The Morgan fingerprint density at radius 3 is 1.79 bits per heavy atom. The molecule has 2 aromatic carbocycles. The van der Waals surface area contributed by atoms with E-state index in [9.17, 15) is 45.5 Å². The molecule has 1 heterocycles. The van der Waals surface area contributed by atoms with Gasteiger partial charge in [0.1, 0.15) is 17.0 Å². The summed E-state index contributed by atoms with van der Waals surface area (Å²) in [6.07, 6.45) is -9.86. The second-order valence-electron chi connectivity index (χ2n) is 8.24. The Labute approximate surface area is 240 Å². The number of rotatable bonds is 8. The summed E-state index contributed by atoms with van der Waals surface area (Å²) in [7, 11) is 0. The summed E-state index contributed by atoms with van der Waals surface area (Å²) in [4.78, 5) is 52.9. The van der Waals surface area contributed by atoms with E-state index in [2.05, 4.69) is 24.2 Å². The van der Waals surface area contributed by atoms with Crippen LogP contribution in [0.2, 0.25) is 0 Å². The highest BCUT2D eigenvalue weighted by Crippen LogP contribution is 2.31. The number of H-pyrrole nitrogens is 1. The molecule has 0 fully saturated rings. The standard InChI is InChI=1S/C15H16F3NO4.C13H10F3NO3/c1-3-22-13(20)11(14(21)23-4-2)12(15(16,17)18)19-10-8-6-5-7-9-10;1-2-20-12(19)9-10(18)7-5-3-4-6-8(7)17-11(9)13(14,15)16/h5-9,11H,3-4H2,1-2H3;3-6H,2H2,1H3,(H,17,18). The van der Waals surface area contributed by atoms with Gasteiger partial charge in [-0.05, 0) is 45.0 Å². The number of halogens is 6. The van der Waals surface area contributed by atoms with E-state index in [0.29, 0.717) is 0 Å². The molecule has 0 aliphatic heterocycles. The predicted molar refractivity (Wildman–Crippen MR) is 142 cm³/mol. The minimum absolute atomic E-state index is 0.00329. The number of carbonyl (C=O) groups excluding carboxylic acids is 3. The smallest absolute Gasteiger partial charge is 0.432 e. The van der Waals surface area contributed by atoms with Crippen molar-refractivity contribution in [3.05, 3.63) is 76.1 Å². The number of ether oxygens (including phenoxy) is 3. The van der Waals surface area contributed by atoms with Crippen LogP contribution in [0.25, 0.3) is 10.9 Å². The molecule has 1 aromatic heterocycles. The molecule has 0 unspecified atom stereocenters. The van der Waals surface area contributed by atoms with Crippen molar-refractivity contribution in [3.8, 4) is 0 Å². The van der Waals surface area contributed by atoms with Crippen molar-refractivity contribution in [1.29, 1.82) is 0 Å². The first-order chi connectivity index (χ1) is 20.2. The summed E-state index contributed by atoms with van der Waals surface area (Å²) < 4.78 is 92.5. The number of nitrogens with zero attached hydrogens (tertiary/aromatic N) is 1. The Morgan fingerprint density at radius 1 is 0.791 bits per heavy atom. The molecule has 1 N–H and O–H groups in total. The molecule has 0 bridgehead atoms. The van der Waals surface area contributed by atoms with E-state index >= 15 is 0 Å². The van der Waals surface area contributed by atoms with E-state index in [0.717, 1.165) is 0 Å². The molecule has 232 valence electrons. The summed E-state index contributed by atoms with van der Waals surface area (Å²) >= 11 is 0. The summed E-state index contributed by atoms with van der Waals surface area (Å²) in [6, 6.07) is 12.9. The van der Waals surface area contributed by atoms with Crippen molar-refractivity contribution >= 4 is 40.2 Å². The Bertz CT molecular complexity index is 1500. The number of alkyl halides is 6. The first-order valence-corrected chi connectivity index (χ1v) is 12.6. The molecule has 3 aromatic rings. The van der Waals surface area contributed by atoms with E-state index in [1.165, 1.54) is 69.3 Å². The second-order valence-corrected chi connectivity index (χ2v) is 8.24. The Kier molecular flexibility index (Phi) is 12.0. The molecule has 0 aliphatic carbocycles. The van der Waals surface area contributed by atoms with Gasteiger partial charge in [-0.3, -0.25) is 14.4 Å². The van der Waals surface area contributed by atoms with Crippen LogP contribution in [0.4, 0.5) is 32.0 Å². The molecule has 0 saturated carbocycles. The minimum Gasteiger partial charge on any atom is -0.465 e. The molecule has 9 nitrogen and oxygen atoms in total. The molecule has 0 radical (unpaired) electrons. The fraction of sp³-hybridized carbons (Fsp3) is 0.321. The maximum Gasteiger partial charge on any atom is 0.432 e. The van der Waals surface area contributed by atoms with E-state index in [1.54, 1.807) is 6.07 Å². The number of aromatic nitrogens is 1. The van der Waals surface area contributed by atoms with Crippen LogP contribution >= 0.6 is 0 Å². The van der Waals surface area contributed by atoms with Gasteiger partial charge in [0.2, 0.25) is 11.3 Å². The summed E-state index contributed by atoms with van der Waals surface area (Å²) in [5, 5.41) is 0.00329. The van der Waals surface area contributed by atoms with Crippen LogP contribution in [0.15, 0.2) is 64.4 Å². The number of benzene rings is 2. The molecule has 3 rings (SSSR count). The lowest BCUT2D eigenvalue weighted by molar-refractivity contribution is -0.160. The molecule has 0 atom stereocenters. The molecule has 0 spiro atoms. The second kappa shape index (κ2) is 15.0. The number of nitrogens with one attached hydrogen (secondary N) is 1. The van der Waals surface area contributed by atoms with Gasteiger partial charge >= 0.3 is 30.3 Å². The average molecular weight is 617 g/mol. The van der Waals surface area contributed by atoms with Crippen LogP contribution in [0.3, 0.4) is 0 Å². The van der Waals surface area contributed by atoms with Gasteiger partial charge in [0.25, 0.3) is 0 Å². The SMILES string of the molecule is CCOC(=O)C(C(=O)OCC)C(=Nc1ccccc1)C(F)(F)F.CCOC(=O)c1c(C(F)(F)F)[nH]c2ccccc2c1=O. The van der Waals surface area contributed by atoms with Crippen molar-refractivity contribution < 1.29 is 54.9 Å². The fourth-order valence-corrected chi connectivity index (χ4v) is 3.55. The van der Waals surface area contributed by atoms with E-state index in [-0.39, 0.29) is 36.4 Å². The molecule has 0 aliphatic rings. The van der Waals surface area contributed by atoms with Gasteiger partial charge in [-0.1, -0.05) is 30.3 Å². The molecule has 0 saturated heterocycles. The number of aromatic amines is 1. The van der Waals surface area contributed by atoms with Crippen LogP contribution in [0, 0.1) is 5.92 Å². The highest BCUT2D eigenvalue weighted by Gasteiger charge is 2.49. The topological polar surface area (TPSA) is 124 Å². The molecule has 0 amide bonds. The number of hydrogen-bond acceptors (Lipinski definition) is 8. The third kappa shape index (κ3) is 9.15. The monoisotopic (exact) mass is 616 g/mol. The average Bonchev–Trinajstić information content (AvgIpc) is 2.93. The molecular formula is C28H26F6N2O7. The zero-order valence-corrected chi connectivity index (χ0v) is 23.0. The van der Waals surface area contributed by atoms with Gasteiger partial charge in [0.05, 0.1) is 25.5 Å². The highest BCUT2D eigenvalue weighted by atomic mass is 19.4. The lowest BCUT2D eigenvalue weighted by Crippen LogP contribution is -2.42. The third-order valence-corrected chi connectivity index (χ3v) is 5.29. The van der Waals surface area contributed by atoms with Gasteiger partial charge in [-0.2, -0.15) is 26.3 Å². The van der Waals surface area contributed by atoms with Gasteiger partial charge in [-0.15, -0.1) is 0 Å². The number of para-hydroxylation sites is 2. The van der Waals surface area contributed by atoms with Gasteiger partial charge < -0.3 is 19.2 Å². The number of fused-ring (bicyclic) bond motifs is 1. The van der Waals surface area contributed by atoms with Crippen LogP contribution in [0.5, 0.6) is 0 Å². The number of hydrogen-bond donors (Lipinski definition) is 1. The zero-order valence-electron chi connectivity index (χ0n) is 23.0. The van der Waals surface area contributed by atoms with Crippen LogP contribution in [-0.4, -0.2) is 54.6 Å². The first-order valence-electron chi connectivity index (χ1n) is 12.6. The highest BCUT2D eigenvalue weighted by molar-refractivity contribution is 6.19. The Morgan fingerprint density at radius 2 is 1.30 bits per heavy atom. The van der Waals surface area contributed by atoms with Crippen molar-refractivity contribution in [1.82, 2.24) is 4.98 Å². The number of aliphatic imine (C=N–C) groups is 1. The molecular weight excluding hydrogens is 590 g/mol. The van der Waals surface area contributed by atoms with Crippen LogP contribution < -0.4 is 5.43 Å². The summed E-state index contributed by atoms with van der Waals surface area (Å²) in [6.45, 7) is 3.81. The maximum absolute atomic E-state index is 13.3. The largest absolute Gasteiger partial charge is 0.465 e. The molecule has 43 heavy (non-hydrogen) atoms. The first kappa shape index (κ1) is 34.5. The van der Waals surface area contributed by atoms with Crippen molar-refractivity contribution in [3.63, 3.8) is 0 Å². The molecule has 15 heteroatoms. The predicted octanol–water partition coefficient (Wildman–Crippen LogP) is 5.79. The lowest BCUT2D eigenvalue weighted by Gasteiger charge is -2.18. The van der Waals surface area contributed by atoms with Crippen LogP contribution in [-0.2, 0) is 30.0 Å². The summed E-state index contributed by atoms with van der Waals surface area (Å²) in [5.41, 5.74) is -5.00. The minimum atomic E-state index is -5.00. The zero-order chi connectivity index (χ0) is 32.4. The normalized spacial score (nSPS) is 11.9. The fourth-order valence-electron chi connectivity index (χ4n) is 3.55. The lowest BCUT2D eigenvalue weighted by atomic mass is 10.0. The van der Waals surface area contributed by atoms with Crippen molar-refractivity contribution in [2.45, 2.75) is 33.1 Å². The third-order valence-electron chi connectivity index (χ3n) is 5.29. The van der Waals surface area contributed by atoms with E-state index in [4.69, 9.17) is 0 Å². The van der Waals surface area contributed by atoms with Crippen molar-refractivity contribution in [2.24, 2.45) is 10.9 Å². The van der Waals surface area contributed by atoms with Gasteiger partial charge in [0.15, 0.2) is 0 Å². The maximum atomic E-state index is 13.3. The van der Waals surface area contributed by atoms with E-state index < -0.39 is 58.6 Å². The number of carbonyl (C=O) groups is 3. The number of esters is 3. The summed E-state index contributed by atoms with van der Waals surface area (Å²) in [5.74, 6) is -6.27. The van der Waals surface area contributed by atoms with Crippen molar-refractivity contribution in [2.75, 3.05) is 19.8 Å². The van der Waals surface area contributed by atoms with E-state index in [1.807, 2.05) is 0 Å².